The lowest BCUT2D eigenvalue weighted by molar-refractivity contribution is -0.147. The quantitative estimate of drug-likeness (QED) is 0.364. The molecule has 2 aromatic carbocycles. The summed E-state index contributed by atoms with van der Waals surface area (Å²) in [5, 5.41) is 1.06. The number of carbonyl (C=O) groups excluding carboxylic acids is 2. The Morgan fingerprint density at radius 2 is 1.55 bits per heavy atom. The number of likely N-dealkylation sites (tertiary alicyclic amines) is 2. The first-order valence-corrected chi connectivity index (χ1v) is 15.3. The van der Waals surface area contributed by atoms with Gasteiger partial charge in [0.1, 0.15) is 5.54 Å². The molecular weight excluding hydrogens is 543 g/mol. The van der Waals surface area contributed by atoms with Gasteiger partial charge in [-0.3, -0.25) is 14.5 Å². The van der Waals surface area contributed by atoms with Gasteiger partial charge < -0.3 is 14.7 Å². The number of benzene rings is 2. The Balaban J connectivity index is 1.45. The van der Waals surface area contributed by atoms with Gasteiger partial charge >= 0.3 is 0 Å². The maximum Gasteiger partial charge on any atom is 0.253 e. The lowest BCUT2D eigenvalue weighted by atomic mass is 9.82. The van der Waals surface area contributed by atoms with Gasteiger partial charge in [0.25, 0.3) is 5.91 Å². The summed E-state index contributed by atoms with van der Waals surface area (Å²) in [7, 11) is 5.64. The number of hydrogen-bond acceptors (Lipinski definition) is 4. The Labute approximate surface area is 250 Å². The first-order valence-electron chi connectivity index (χ1n) is 14.6. The number of hydrogen-bond donors (Lipinski definition) is 0. The Bertz CT molecular complexity index is 1160. The fourth-order valence-corrected chi connectivity index (χ4v) is 6.65. The van der Waals surface area contributed by atoms with Crippen molar-refractivity contribution in [3.8, 4) is 0 Å². The summed E-state index contributed by atoms with van der Waals surface area (Å²) >= 11 is 12.6. The van der Waals surface area contributed by atoms with Crippen molar-refractivity contribution in [3.63, 3.8) is 0 Å². The second-order valence-corrected chi connectivity index (χ2v) is 12.6. The molecule has 1 atom stereocenters. The number of likely N-dealkylation sites (N-methyl/N-ethyl adjacent to an activating group) is 2. The zero-order chi connectivity index (χ0) is 28.9. The summed E-state index contributed by atoms with van der Waals surface area (Å²) in [5.41, 5.74) is 2.52. The molecular formula is C32H44Cl2N4O2. The summed E-state index contributed by atoms with van der Waals surface area (Å²) in [6.07, 6.45) is 6.19. The molecule has 40 heavy (non-hydrogen) atoms. The number of piperidine rings is 2. The zero-order valence-corrected chi connectivity index (χ0v) is 26.0. The minimum atomic E-state index is -0.385. The third kappa shape index (κ3) is 7.20. The van der Waals surface area contributed by atoms with Gasteiger partial charge in [-0.2, -0.15) is 0 Å². The van der Waals surface area contributed by atoms with Gasteiger partial charge in [0, 0.05) is 52.3 Å². The van der Waals surface area contributed by atoms with Crippen molar-refractivity contribution in [1.29, 1.82) is 0 Å². The minimum absolute atomic E-state index is 0.0107. The second kappa shape index (κ2) is 13.7. The fourth-order valence-electron chi connectivity index (χ4n) is 6.35. The molecule has 2 saturated heterocycles. The molecule has 0 aromatic heterocycles. The van der Waals surface area contributed by atoms with Gasteiger partial charge in [0.05, 0.1) is 10.0 Å². The van der Waals surface area contributed by atoms with Crippen LogP contribution in [0.2, 0.25) is 10.0 Å². The molecule has 2 aromatic rings. The lowest BCUT2D eigenvalue weighted by Gasteiger charge is -2.50. The molecule has 6 nitrogen and oxygen atoms in total. The molecule has 0 spiro atoms. The molecule has 2 amide bonds. The molecule has 0 bridgehead atoms. The fraction of sp³-hybridized carbons (Fsp3) is 0.562. The monoisotopic (exact) mass is 586 g/mol. The van der Waals surface area contributed by atoms with E-state index in [-0.39, 0.29) is 23.3 Å². The third-order valence-electron chi connectivity index (χ3n) is 8.80. The molecule has 0 radical (unpaired) electrons. The number of rotatable bonds is 9. The third-order valence-corrected chi connectivity index (χ3v) is 9.54. The highest BCUT2D eigenvalue weighted by Gasteiger charge is 2.47. The van der Waals surface area contributed by atoms with Crippen LogP contribution in [0.4, 0.5) is 0 Å². The van der Waals surface area contributed by atoms with Crippen LogP contribution in [0, 0.1) is 6.92 Å². The van der Waals surface area contributed by atoms with E-state index < -0.39 is 0 Å². The second-order valence-electron chi connectivity index (χ2n) is 11.8. The molecule has 2 aliphatic heterocycles. The van der Waals surface area contributed by atoms with E-state index in [2.05, 4.69) is 9.80 Å². The van der Waals surface area contributed by atoms with Gasteiger partial charge in [-0.15, -0.1) is 0 Å². The molecule has 0 saturated carbocycles. The van der Waals surface area contributed by atoms with Crippen molar-refractivity contribution >= 4 is 35.0 Å². The summed E-state index contributed by atoms with van der Waals surface area (Å²) < 4.78 is 0. The van der Waals surface area contributed by atoms with Gasteiger partial charge in [0.15, 0.2) is 0 Å². The van der Waals surface area contributed by atoms with Crippen LogP contribution in [0.25, 0.3) is 0 Å². The maximum absolute atomic E-state index is 13.5. The van der Waals surface area contributed by atoms with Gasteiger partial charge in [-0.1, -0.05) is 53.4 Å². The number of halogens is 2. The standard InChI is InChI=1S/C32H44Cl2N4O2/c1-24-8-10-25(11-9-24)30(39)36(4)23-27(26-12-13-28(33)29(34)22-26)14-19-37-20-15-32(16-21-37,31(40)35(2)3)38-17-6-5-7-18-38/h8-13,22,27H,5-7,14-21,23H2,1-4H3. The van der Waals surface area contributed by atoms with Crippen molar-refractivity contribution in [3.05, 3.63) is 69.2 Å². The van der Waals surface area contributed by atoms with Crippen LogP contribution in [0.15, 0.2) is 42.5 Å². The van der Waals surface area contributed by atoms with E-state index in [0.29, 0.717) is 22.2 Å². The highest BCUT2D eigenvalue weighted by molar-refractivity contribution is 6.42. The summed E-state index contributed by atoms with van der Waals surface area (Å²) in [5.74, 6) is 0.363. The SMILES string of the molecule is Cc1ccc(C(=O)N(C)CC(CCN2CCC(C(=O)N(C)C)(N3CCCCC3)CC2)c2ccc(Cl)c(Cl)c2)cc1. The molecule has 218 valence electrons. The van der Waals surface area contributed by atoms with E-state index in [1.165, 1.54) is 19.3 Å². The normalized spacial score (nSPS) is 18.8. The Hall–Kier alpha value is -2.12. The average molecular weight is 588 g/mol. The molecule has 0 N–H and O–H groups in total. The van der Waals surface area contributed by atoms with Crippen LogP contribution in [-0.4, -0.2) is 97.4 Å². The lowest BCUT2D eigenvalue weighted by Crippen LogP contribution is -2.64. The smallest absolute Gasteiger partial charge is 0.253 e. The first-order chi connectivity index (χ1) is 19.1. The van der Waals surface area contributed by atoms with Gasteiger partial charge in [-0.05, 0) is 88.5 Å². The van der Waals surface area contributed by atoms with Crippen LogP contribution in [0.1, 0.15) is 65.9 Å². The van der Waals surface area contributed by atoms with E-state index in [1.54, 1.807) is 4.90 Å². The number of carbonyl (C=O) groups is 2. The number of aryl methyl sites for hydroxylation is 1. The Morgan fingerprint density at radius 3 is 2.15 bits per heavy atom. The minimum Gasteiger partial charge on any atom is -0.347 e. The molecule has 2 heterocycles. The molecule has 0 aliphatic carbocycles. The Kier molecular flexibility index (Phi) is 10.6. The largest absolute Gasteiger partial charge is 0.347 e. The summed E-state index contributed by atoms with van der Waals surface area (Å²) in [6.45, 7) is 7.30. The molecule has 4 rings (SSSR count). The predicted octanol–water partition coefficient (Wildman–Crippen LogP) is 5.96. The van der Waals surface area contributed by atoms with Gasteiger partial charge in [-0.25, -0.2) is 0 Å². The molecule has 8 heteroatoms. The van der Waals surface area contributed by atoms with Gasteiger partial charge in [0.2, 0.25) is 5.91 Å². The van der Waals surface area contributed by atoms with E-state index in [9.17, 15) is 9.59 Å². The van der Waals surface area contributed by atoms with Crippen LogP contribution in [-0.2, 0) is 4.79 Å². The van der Waals surface area contributed by atoms with Crippen LogP contribution >= 0.6 is 23.2 Å². The highest BCUT2D eigenvalue weighted by atomic mass is 35.5. The van der Waals surface area contributed by atoms with Crippen LogP contribution < -0.4 is 0 Å². The highest BCUT2D eigenvalue weighted by Crippen LogP contribution is 2.34. The molecule has 2 fully saturated rings. The topological polar surface area (TPSA) is 47.1 Å². The summed E-state index contributed by atoms with van der Waals surface area (Å²) in [6, 6.07) is 13.5. The first kappa shape index (κ1) is 30.8. The number of nitrogens with zero attached hydrogens (tertiary/aromatic N) is 4. The van der Waals surface area contributed by atoms with Crippen LogP contribution in [0.3, 0.4) is 0 Å². The zero-order valence-electron chi connectivity index (χ0n) is 24.5. The van der Waals surface area contributed by atoms with Crippen molar-refractivity contribution < 1.29 is 9.59 Å². The van der Waals surface area contributed by atoms with Crippen molar-refractivity contribution in [2.24, 2.45) is 0 Å². The van der Waals surface area contributed by atoms with E-state index in [1.807, 2.05) is 75.4 Å². The predicted molar refractivity (Wildman–Crippen MR) is 164 cm³/mol. The van der Waals surface area contributed by atoms with Crippen molar-refractivity contribution in [1.82, 2.24) is 19.6 Å². The van der Waals surface area contributed by atoms with Crippen LogP contribution in [0.5, 0.6) is 0 Å². The van der Waals surface area contributed by atoms with E-state index >= 15 is 0 Å². The number of amides is 2. The Morgan fingerprint density at radius 1 is 0.900 bits per heavy atom. The maximum atomic E-state index is 13.5. The van der Waals surface area contributed by atoms with E-state index in [4.69, 9.17) is 23.2 Å². The average Bonchev–Trinajstić information content (AvgIpc) is 2.97. The molecule has 1 unspecified atom stereocenters. The van der Waals surface area contributed by atoms with E-state index in [0.717, 1.165) is 63.1 Å². The summed E-state index contributed by atoms with van der Waals surface area (Å²) in [4.78, 5) is 35.2. The van der Waals surface area contributed by atoms with Crippen molar-refractivity contribution in [2.45, 2.75) is 56.9 Å². The van der Waals surface area contributed by atoms with Crippen molar-refractivity contribution in [2.75, 3.05) is 60.4 Å². The molecule has 2 aliphatic rings.